The summed E-state index contributed by atoms with van der Waals surface area (Å²) in [7, 11) is 1.68. The van der Waals surface area contributed by atoms with Crippen molar-refractivity contribution in [3.05, 3.63) is 29.8 Å². The summed E-state index contributed by atoms with van der Waals surface area (Å²) >= 11 is 0. The van der Waals surface area contributed by atoms with Crippen LogP contribution in [0.3, 0.4) is 0 Å². The van der Waals surface area contributed by atoms with Crippen LogP contribution in [0.15, 0.2) is 24.3 Å². The average molecular weight is 210 g/mol. The Morgan fingerprint density at radius 1 is 1.50 bits per heavy atom. The van der Waals surface area contributed by atoms with E-state index >= 15 is 0 Å². The Morgan fingerprint density at radius 3 is 2.81 bits per heavy atom. The lowest BCUT2D eigenvalue weighted by Gasteiger charge is -2.18. The Balaban J connectivity index is 2.70. The van der Waals surface area contributed by atoms with Crippen LogP contribution in [0.25, 0.3) is 0 Å². The third-order valence-corrected chi connectivity index (χ3v) is 2.99. The first-order valence-electron chi connectivity index (χ1n) is 4.90. The third-order valence-electron chi connectivity index (χ3n) is 2.99. The van der Waals surface area contributed by atoms with Gasteiger partial charge in [0, 0.05) is 18.3 Å². The van der Waals surface area contributed by atoms with Gasteiger partial charge in [-0.3, -0.25) is 4.79 Å². The summed E-state index contributed by atoms with van der Waals surface area (Å²) in [6.45, 7) is 0. The Bertz CT molecular complexity index is 536. The predicted molar refractivity (Wildman–Crippen MR) is 60.6 cm³/mol. The van der Waals surface area contributed by atoms with Crippen molar-refractivity contribution in [3.8, 4) is 18.4 Å². The van der Waals surface area contributed by atoms with Gasteiger partial charge >= 0.3 is 0 Å². The van der Waals surface area contributed by atoms with Gasteiger partial charge in [-0.15, -0.1) is 6.42 Å². The Labute approximate surface area is 94.3 Å². The first-order chi connectivity index (χ1) is 7.67. The summed E-state index contributed by atoms with van der Waals surface area (Å²) in [5.74, 6) is 2.30. The van der Waals surface area contributed by atoms with E-state index in [9.17, 15) is 4.79 Å². The molecule has 78 valence electrons. The maximum absolute atomic E-state index is 12.1. The van der Waals surface area contributed by atoms with Crippen LogP contribution in [0.4, 0.5) is 5.69 Å². The van der Waals surface area contributed by atoms with Crippen LogP contribution in [0.1, 0.15) is 12.0 Å². The number of hydrogen-bond acceptors (Lipinski definition) is 2. The fourth-order valence-corrected chi connectivity index (χ4v) is 2.12. The van der Waals surface area contributed by atoms with Gasteiger partial charge in [-0.1, -0.05) is 24.1 Å². The van der Waals surface area contributed by atoms with E-state index in [2.05, 4.69) is 5.92 Å². The number of hydrogen-bond donors (Lipinski definition) is 0. The molecule has 0 fully saturated rings. The second-order valence-electron chi connectivity index (χ2n) is 3.77. The summed E-state index contributed by atoms with van der Waals surface area (Å²) in [5, 5.41) is 8.84. The number of carbonyl (C=O) groups excluding carboxylic acids is 1. The lowest BCUT2D eigenvalue weighted by molar-refractivity contribution is -0.120. The number of fused-ring (bicyclic) bond motifs is 1. The van der Waals surface area contributed by atoms with Crippen molar-refractivity contribution < 1.29 is 4.79 Å². The molecule has 3 nitrogen and oxygen atoms in total. The number of anilines is 1. The number of rotatable bonds is 1. The molecule has 0 spiro atoms. The minimum atomic E-state index is -1.10. The fraction of sp³-hybridized carbons (Fsp3) is 0.231. The van der Waals surface area contributed by atoms with Crippen LogP contribution in [-0.4, -0.2) is 13.0 Å². The van der Waals surface area contributed by atoms with Crippen molar-refractivity contribution in [2.24, 2.45) is 0 Å². The maximum atomic E-state index is 12.1. The molecule has 0 unspecified atom stereocenters. The van der Waals surface area contributed by atoms with Gasteiger partial charge in [-0.2, -0.15) is 5.26 Å². The van der Waals surface area contributed by atoms with Gasteiger partial charge in [0.1, 0.15) is 5.41 Å². The highest BCUT2D eigenvalue weighted by atomic mass is 16.2. The third kappa shape index (κ3) is 1.06. The zero-order valence-electron chi connectivity index (χ0n) is 8.90. The van der Waals surface area contributed by atoms with Gasteiger partial charge in [-0.25, -0.2) is 0 Å². The van der Waals surface area contributed by atoms with Gasteiger partial charge in [0.05, 0.1) is 12.5 Å². The SMILES string of the molecule is C#C[C@]1(CC#N)C(=O)N(C)c2ccccc21. The summed E-state index contributed by atoms with van der Waals surface area (Å²) in [4.78, 5) is 13.7. The summed E-state index contributed by atoms with van der Waals surface area (Å²) in [6.07, 6.45) is 5.49. The smallest absolute Gasteiger partial charge is 0.250 e. The van der Waals surface area contributed by atoms with Crippen molar-refractivity contribution in [3.63, 3.8) is 0 Å². The maximum Gasteiger partial charge on any atom is 0.250 e. The molecule has 0 aliphatic carbocycles. The normalized spacial score (nSPS) is 22.4. The van der Waals surface area contributed by atoms with E-state index in [0.29, 0.717) is 0 Å². The molecule has 0 saturated heterocycles. The van der Waals surface area contributed by atoms with Crippen molar-refractivity contribution in [2.45, 2.75) is 11.8 Å². The monoisotopic (exact) mass is 210 g/mol. The van der Waals surface area contributed by atoms with Crippen LogP contribution in [0.2, 0.25) is 0 Å². The number of nitrogens with zero attached hydrogens (tertiary/aromatic N) is 2. The fourth-order valence-electron chi connectivity index (χ4n) is 2.12. The first kappa shape index (κ1) is 10.3. The topological polar surface area (TPSA) is 44.1 Å². The van der Waals surface area contributed by atoms with Gasteiger partial charge in [0.15, 0.2) is 0 Å². The number of carbonyl (C=O) groups is 1. The van der Waals surface area contributed by atoms with Crippen LogP contribution in [0, 0.1) is 23.7 Å². The molecule has 1 amide bonds. The largest absolute Gasteiger partial charge is 0.313 e. The first-order valence-corrected chi connectivity index (χ1v) is 4.90. The molecule has 1 heterocycles. The number of terminal acetylenes is 1. The van der Waals surface area contributed by atoms with E-state index in [1.54, 1.807) is 7.05 Å². The van der Waals surface area contributed by atoms with E-state index in [4.69, 9.17) is 11.7 Å². The van der Waals surface area contributed by atoms with Crippen molar-refractivity contribution in [1.82, 2.24) is 0 Å². The molecule has 16 heavy (non-hydrogen) atoms. The molecule has 0 radical (unpaired) electrons. The molecule has 0 N–H and O–H groups in total. The zero-order valence-corrected chi connectivity index (χ0v) is 8.90. The number of para-hydroxylation sites is 1. The molecular formula is C13H10N2O. The standard InChI is InChI=1S/C13H10N2O/c1-3-13(8-9-14)10-6-4-5-7-11(10)15(2)12(13)16/h1,4-7H,8H2,2H3/t13-/m1/s1. The second kappa shape index (κ2) is 3.40. The Kier molecular flexibility index (Phi) is 2.18. The lowest BCUT2D eigenvalue weighted by atomic mass is 9.80. The average Bonchev–Trinajstić information content (AvgIpc) is 2.53. The van der Waals surface area contributed by atoms with Crippen LogP contribution < -0.4 is 4.90 Å². The Hall–Kier alpha value is -2.26. The second-order valence-corrected chi connectivity index (χ2v) is 3.77. The molecule has 1 aliphatic heterocycles. The highest BCUT2D eigenvalue weighted by Gasteiger charge is 2.48. The number of amides is 1. The Morgan fingerprint density at radius 2 is 2.19 bits per heavy atom. The van der Waals surface area contributed by atoms with Gasteiger partial charge in [0.25, 0.3) is 5.91 Å². The van der Waals surface area contributed by atoms with Crippen molar-refractivity contribution in [2.75, 3.05) is 11.9 Å². The van der Waals surface area contributed by atoms with Gasteiger partial charge < -0.3 is 4.90 Å². The van der Waals surface area contributed by atoms with Gasteiger partial charge in [0.2, 0.25) is 0 Å². The molecule has 0 saturated carbocycles. The van der Waals surface area contributed by atoms with E-state index < -0.39 is 5.41 Å². The molecule has 1 aliphatic rings. The highest BCUT2D eigenvalue weighted by molar-refractivity contribution is 6.10. The van der Waals surface area contributed by atoms with Crippen LogP contribution in [0.5, 0.6) is 0 Å². The number of benzene rings is 1. The van der Waals surface area contributed by atoms with Gasteiger partial charge in [-0.05, 0) is 6.07 Å². The van der Waals surface area contributed by atoms with Crippen LogP contribution >= 0.6 is 0 Å². The highest BCUT2D eigenvalue weighted by Crippen LogP contribution is 2.42. The lowest BCUT2D eigenvalue weighted by Crippen LogP contribution is -2.37. The molecule has 3 heteroatoms. The number of likely N-dealkylation sites (N-methyl/N-ethyl adjacent to an activating group) is 1. The minimum absolute atomic E-state index is 0.0175. The quantitative estimate of drug-likeness (QED) is 0.658. The van der Waals surface area contributed by atoms with E-state index in [0.717, 1.165) is 11.3 Å². The number of nitriles is 1. The van der Waals surface area contributed by atoms with E-state index in [1.165, 1.54) is 4.90 Å². The molecular weight excluding hydrogens is 200 g/mol. The molecule has 1 aromatic carbocycles. The molecule has 1 atom stereocenters. The van der Waals surface area contributed by atoms with Crippen molar-refractivity contribution in [1.29, 1.82) is 5.26 Å². The minimum Gasteiger partial charge on any atom is -0.313 e. The van der Waals surface area contributed by atoms with Crippen molar-refractivity contribution >= 4 is 11.6 Å². The summed E-state index contributed by atoms with van der Waals surface area (Å²) in [5.41, 5.74) is 0.451. The summed E-state index contributed by atoms with van der Waals surface area (Å²) < 4.78 is 0. The summed E-state index contributed by atoms with van der Waals surface area (Å²) in [6, 6.07) is 9.33. The van der Waals surface area contributed by atoms with E-state index in [-0.39, 0.29) is 12.3 Å². The van der Waals surface area contributed by atoms with E-state index in [1.807, 2.05) is 30.3 Å². The molecule has 0 aromatic heterocycles. The molecule has 1 aromatic rings. The van der Waals surface area contributed by atoms with Crippen LogP contribution in [-0.2, 0) is 10.2 Å². The molecule has 2 rings (SSSR count). The molecule has 0 bridgehead atoms. The zero-order chi connectivity index (χ0) is 11.8. The predicted octanol–water partition coefficient (Wildman–Crippen LogP) is 1.45.